The van der Waals surface area contributed by atoms with E-state index in [1.165, 1.54) is 0 Å². The van der Waals surface area contributed by atoms with Gasteiger partial charge in [0.15, 0.2) is 0 Å². The zero-order chi connectivity index (χ0) is 13.8. The molecule has 5 heteroatoms. The smallest absolute Gasteiger partial charge is 0.254 e. The second-order valence-corrected chi connectivity index (χ2v) is 5.69. The van der Waals surface area contributed by atoms with Crippen LogP contribution >= 0.6 is 15.9 Å². The van der Waals surface area contributed by atoms with Crippen LogP contribution in [0.4, 0.5) is 0 Å². The number of ether oxygens (including phenoxy) is 1. The molecule has 1 saturated heterocycles. The number of rotatable bonds is 3. The summed E-state index contributed by atoms with van der Waals surface area (Å²) in [6.45, 7) is 1.18. The van der Waals surface area contributed by atoms with Gasteiger partial charge in [0.25, 0.3) is 5.91 Å². The van der Waals surface area contributed by atoms with Gasteiger partial charge in [0.2, 0.25) is 0 Å². The van der Waals surface area contributed by atoms with Gasteiger partial charge in [0, 0.05) is 36.3 Å². The molecule has 1 fully saturated rings. The first-order valence-corrected chi connectivity index (χ1v) is 7.24. The standard InChI is InChI=1S/C14H19BrN2O2/c1-19-13-6-7-17(12(8-13)9-16)14(18)10-2-4-11(15)5-3-10/h2-5,12-13H,6-9,16H2,1H3. The van der Waals surface area contributed by atoms with Crippen LogP contribution in [-0.4, -0.2) is 43.2 Å². The summed E-state index contributed by atoms with van der Waals surface area (Å²) in [4.78, 5) is 14.4. The first-order chi connectivity index (χ1) is 9.15. The predicted octanol–water partition coefficient (Wildman–Crippen LogP) is 2.03. The third kappa shape index (κ3) is 3.35. The molecule has 0 aromatic heterocycles. The fourth-order valence-electron chi connectivity index (χ4n) is 2.48. The van der Waals surface area contributed by atoms with E-state index in [4.69, 9.17) is 10.5 Å². The third-order valence-electron chi connectivity index (χ3n) is 3.63. The molecule has 4 nitrogen and oxygen atoms in total. The number of hydrogen-bond acceptors (Lipinski definition) is 3. The van der Waals surface area contributed by atoms with Crippen molar-refractivity contribution in [3.8, 4) is 0 Å². The van der Waals surface area contributed by atoms with Crippen LogP contribution in [0.2, 0.25) is 0 Å². The summed E-state index contributed by atoms with van der Waals surface area (Å²) in [5.41, 5.74) is 6.50. The van der Waals surface area contributed by atoms with Crippen LogP contribution in [-0.2, 0) is 4.74 Å². The molecule has 0 spiro atoms. The Labute approximate surface area is 122 Å². The van der Waals surface area contributed by atoms with E-state index in [9.17, 15) is 4.79 Å². The molecule has 1 aromatic rings. The fourth-order valence-corrected chi connectivity index (χ4v) is 2.74. The van der Waals surface area contributed by atoms with Crippen LogP contribution in [0, 0.1) is 0 Å². The molecule has 0 bridgehead atoms. The number of carbonyl (C=O) groups is 1. The van der Waals surface area contributed by atoms with E-state index in [2.05, 4.69) is 15.9 Å². The Hall–Kier alpha value is -0.910. The Bertz CT molecular complexity index is 436. The zero-order valence-corrected chi connectivity index (χ0v) is 12.6. The first-order valence-electron chi connectivity index (χ1n) is 6.45. The van der Waals surface area contributed by atoms with Gasteiger partial charge in [-0.3, -0.25) is 4.79 Å². The number of benzene rings is 1. The van der Waals surface area contributed by atoms with E-state index in [1.807, 2.05) is 29.2 Å². The van der Waals surface area contributed by atoms with Gasteiger partial charge < -0.3 is 15.4 Å². The maximum atomic E-state index is 12.5. The molecule has 2 N–H and O–H groups in total. The minimum absolute atomic E-state index is 0.0532. The van der Waals surface area contributed by atoms with Crippen LogP contribution in [0.1, 0.15) is 23.2 Å². The predicted molar refractivity (Wildman–Crippen MR) is 78.1 cm³/mol. The van der Waals surface area contributed by atoms with E-state index in [0.717, 1.165) is 17.3 Å². The van der Waals surface area contributed by atoms with Crippen molar-refractivity contribution in [2.45, 2.75) is 25.0 Å². The number of carbonyl (C=O) groups excluding carboxylic acids is 1. The van der Waals surface area contributed by atoms with Gasteiger partial charge in [-0.1, -0.05) is 15.9 Å². The fraction of sp³-hybridized carbons (Fsp3) is 0.500. The molecule has 0 radical (unpaired) electrons. The maximum absolute atomic E-state index is 12.5. The van der Waals surface area contributed by atoms with Crippen molar-refractivity contribution in [1.29, 1.82) is 0 Å². The first kappa shape index (κ1) is 14.5. The van der Waals surface area contributed by atoms with Crippen molar-refractivity contribution in [3.63, 3.8) is 0 Å². The topological polar surface area (TPSA) is 55.6 Å². The molecule has 104 valence electrons. The molecule has 0 saturated carbocycles. The molecule has 1 aliphatic heterocycles. The summed E-state index contributed by atoms with van der Waals surface area (Å²) >= 11 is 3.37. The van der Waals surface area contributed by atoms with E-state index < -0.39 is 0 Å². The van der Waals surface area contributed by atoms with Crippen LogP contribution < -0.4 is 5.73 Å². The van der Waals surface area contributed by atoms with E-state index in [1.54, 1.807) is 7.11 Å². The van der Waals surface area contributed by atoms with Gasteiger partial charge in [-0.25, -0.2) is 0 Å². The number of halogens is 1. The highest BCUT2D eigenvalue weighted by Crippen LogP contribution is 2.22. The average molecular weight is 327 g/mol. The van der Waals surface area contributed by atoms with Gasteiger partial charge in [-0.2, -0.15) is 0 Å². The molecule has 19 heavy (non-hydrogen) atoms. The van der Waals surface area contributed by atoms with Gasteiger partial charge in [0.05, 0.1) is 6.10 Å². The second-order valence-electron chi connectivity index (χ2n) is 4.78. The molecule has 0 aliphatic carbocycles. The molecular formula is C14H19BrN2O2. The Balaban J connectivity index is 2.11. The Morgan fingerprint density at radius 3 is 2.74 bits per heavy atom. The average Bonchev–Trinajstić information content (AvgIpc) is 2.46. The number of likely N-dealkylation sites (tertiary alicyclic amines) is 1. The molecule has 2 atom stereocenters. The second kappa shape index (κ2) is 6.50. The number of amides is 1. The molecule has 1 amide bonds. The van der Waals surface area contributed by atoms with E-state index >= 15 is 0 Å². The molecule has 2 unspecified atom stereocenters. The number of nitrogens with two attached hydrogens (primary N) is 1. The number of hydrogen-bond donors (Lipinski definition) is 1. The summed E-state index contributed by atoms with van der Waals surface area (Å²) in [6.07, 6.45) is 1.90. The van der Waals surface area contributed by atoms with Crippen LogP contribution in [0.3, 0.4) is 0 Å². The summed E-state index contributed by atoms with van der Waals surface area (Å²) in [6, 6.07) is 7.50. The van der Waals surface area contributed by atoms with Crippen molar-refractivity contribution >= 4 is 21.8 Å². The van der Waals surface area contributed by atoms with E-state index in [0.29, 0.717) is 18.7 Å². The Morgan fingerprint density at radius 2 is 2.16 bits per heavy atom. The number of methoxy groups -OCH3 is 1. The summed E-state index contributed by atoms with van der Waals surface area (Å²) < 4.78 is 6.34. The van der Waals surface area contributed by atoms with Gasteiger partial charge in [0.1, 0.15) is 0 Å². The minimum Gasteiger partial charge on any atom is -0.381 e. The highest BCUT2D eigenvalue weighted by molar-refractivity contribution is 9.10. The lowest BCUT2D eigenvalue weighted by molar-refractivity contribution is 0.0139. The molecule has 2 rings (SSSR count). The number of nitrogens with zero attached hydrogens (tertiary/aromatic N) is 1. The lowest BCUT2D eigenvalue weighted by Crippen LogP contribution is -2.51. The SMILES string of the molecule is COC1CCN(C(=O)c2ccc(Br)cc2)C(CN)C1. The van der Waals surface area contributed by atoms with Crippen LogP contribution in [0.5, 0.6) is 0 Å². The zero-order valence-electron chi connectivity index (χ0n) is 11.0. The lowest BCUT2D eigenvalue weighted by atomic mass is 9.98. The van der Waals surface area contributed by atoms with Crippen LogP contribution in [0.15, 0.2) is 28.7 Å². The van der Waals surface area contributed by atoms with Gasteiger partial charge >= 0.3 is 0 Å². The van der Waals surface area contributed by atoms with Crippen molar-refractivity contribution in [2.75, 3.05) is 20.2 Å². The van der Waals surface area contributed by atoms with Crippen LogP contribution in [0.25, 0.3) is 0 Å². The summed E-state index contributed by atoms with van der Waals surface area (Å²) in [5.74, 6) is 0.0532. The highest BCUT2D eigenvalue weighted by atomic mass is 79.9. The molecule has 1 aromatic carbocycles. The third-order valence-corrected chi connectivity index (χ3v) is 4.15. The van der Waals surface area contributed by atoms with Crippen molar-refractivity contribution in [1.82, 2.24) is 4.90 Å². The van der Waals surface area contributed by atoms with Crippen molar-refractivity contribution in [3.05, 3.63) is 34.3 Å². The normalized spacial score (nSPS) is 23.4. The minimum atomic E-state index is 0.0532. The molecular weight excluding hydrogens is 308 g/mol. The molecule has 1 aliphatic rings. The number of piperidine rings is 1. The summed E-state index contributed by atoms with van der Waals surface area (Å²) in [7, 11) is 1.71. The molecule has 1 heterocycles. The Kier molecular flexibility index (Phi) is 4.96. The monoisotopic (exact) mass is 326 g/mol. The maximum Gasteiger partial charge on any atom is 0.254 e. The lowest BCUT2D eigenvalue weighted by Gasteiger charge is -2.38. The largest absolute Gasteiger partial charge is 0.381 e. The Morgan fingerprint density at radius 1 is 1.47 bits per heavy atom. The van der Waals surface area contributed by atoms with Gasteiger partial charge in [-0.05, 0) is 37.1 Å². The highest BCUT2D eigenvalue weighted by Gasteiger charge is 2.31. The van der Waals surface area contributed by atoms with E-state index in [-0.39, 0.29) is 18.1 Å². The van der Waals surface area contributed by atoms with Crippen molar-refractivity contribution in [2.24, 2.45) is 5.73 Å². The quantitative estimate of drug-likeness (QED) is 0.924. The summed E-state index contributed by atoms with van der Waals surface area (Å²) in [5, 5.41) is 0. The van der Waals surface area contributed by atoms with Crippen molar-refractivity contribution < 1.29 is 9.53 Å². The van der Waals surface area contributed by atoms with Gasteiger partial charge in [-0.15, -0.1) is 0 Å².